The Kier molecular flexibility index (Phi) is 5.04. The minimum Gasteiger partial charge on any atom is -0.479 e. The van der Waals surface area contributed by atoms with Gasteiger partial charge in [-0.15, -0.1) is 0 Å². The van der Waals surface area contributed by atoms with Crippen LogP contribution < -0.4 is 10.6 Å². The molecule has 1 rings (SSSR count). The Balaban J connectivity index is 2.20. The van der Waals surface area contributed by atoms with Gasteiger partial charge >= 0.3 is 12.0 Å². The van der Waals surface area contributed by atoms with E-state index >= 15 is 0 Å². The van der Waals surface area contributed by atoms with Gasteiger partial charge in [-0.05, 0) is 12.8 Å². The summed E-state index contributed by atoms with van der Waals surface area (Å²) in [5.41, 5.74) is 0. The molecule has 6 heteroatoms. The summed E-state index contributed by atoms with van der Waals surface area (Å²) in [5, 5.41) is 14.0. The Morgan fingerprint density at radius 3 is 2.56 bits per heavy atom. The number of amides is 2. The van der Waals surface area contributed by atoms with Gasteiger partial charge in [-0.25, -0.2) is 9.59 Å². The first-order chi connectivity index (χ1) is 7.63. The average molecular weight is 230 g/mol. The molecule has 0 aromatic heterocycles. The molecule has 0 aromatic rings. The Hall–Kier alpha value is -1.30. The maximum Gasteiger partial charge on any atom is 0.334 e. The maximum atomic E-state index is 11.4. The van der Waals surface area contributed by atoms with Crippen LogP contribution in [0.2, 0.25) is 0 Å². The first-order valence-corrected chi connectivity index (χ1v) is 5.43. The summed E-state index contributed by atoms with van der Waals surface area (Å²) in [6.45, 7) is -0.0234. The number of carbonyl (C=O) groups is 2. The largest absolute Gasteiger partial charge is 0.479 e. The Morgan fingerprint density at radius 1 is 1.44 bits per heavy atom. The molecule has 0 saturated heterocycles. The minimum absolute atomic E-state index is 0.0234. The smallest absolute Gasteiger partial charge is 0.334 e. The molecule has 1 aliphatic carbocycles. The Morgan fingerprint density at radius 2 is 2.06 bits per heavy atom. The maximum absolute atomic E-state index is 11.4. The van der Waals surface area contributed by atoms with Crippen molar-refractivity contribution in [2.75, 3.05) is 13.7 Å². The lowest BCUT2D eigenvalue weighted by Crippen LogP contribution is -2.45. The highest BCUT2D eigenvalue weighted by Crippen LogP contribution is 2.17. The molecule has 3 N–H and O–H groups in total. The van der Waals surface area contributed by atoms with Crippen molar-refractivity contribution in [1.82, 2.24) is 10.6 Å². The van der Waals surface area contributed by atoms with Crippen molar-refractivity contribution in [3.8, 4) is 0 Å². The van der Waals surface area contributed by atoms with Gasteiger partial charge in [0.1, 0.15) is 0 Å². The fraction of sp³-hybridized carbons (Fsp3) is 0.800. The third-order valence-corrected chi connectivity index (χ3v) is 2.70. The lowest BCUT2D eigenvalue weighted by molar-refractivity contribution is -0.147. The van der Waals surface area contributed by atoms with Gasteiger partial charge in [0, 0.05) is 13.2 Å². The van der Waals surface area contributed by atoms with Crippen molar-refractivity contribution >= 4 is 12.0 Å². The van der Waals surface area contributed by atoms with E-state index in [4.69, 9.17) is 9.84 Å². The molecule has 6 nitrogen and oxygen atoms in total. The van der Waals surface area contributed by atoms with E-state index in [0.29, 0.717) is 0 Å². The number of nitrogens with one attached hydrogen (secondary N) is 2. The molecule has 1 atom stereocenters. The van der Waals surface area contributed by atoms with Gasteiger partial charge in [-0.1, -0.05) is 12.8 Å². The summed E-state index contributed by atoms with van der Waals surface area (Å²) in [4.78, 5) is 22.0. The third-order valence-electron chi connectivity index (χ3n) is 2.70. The van der Waals surface area contributed by atoms with Crippen LogP contribution in [0, 0.1) is 0 Å². The summed E-state index contributed by atoms with van der Waals surface area (Å²) < 4.78 is 4.69. The minimum atomic E-state index is -1.08. The second-order valence-electron chi connectivity index (χ2n) is 3.90. The van der Waals surface area contributed by atoms with Crippen molar-refractivity contribution in [2.24, 2.45) is 0 Å². The third kappa shape index (κ3) is 4.06. The van der Waals surface area contributed by atoms with E-state index < -0.39 is 12.1 Å². The highest BCUT2D eigenvalue weighted by Gasteiger charge is 2.20. The van der Waals surface area contributed by atoms with Gasteiger partial charge < -0.3 is 20.5 Å². The van der Waals surface area contributed by atoms with Crippen LogP contribution in [0.15, 0.2) is 0 Å². The Bertz CT molecular complexity index is 251. The summed E-state index contributed by atoms with van der Waals surface area (Å²) in [6.07, 6.45) is 3.29. The fourth-order valence-electron chi connectivity index (χ4n) is 1.76. The zero-order chi connectivity index (χ0) is 12.0. The SMILES string of the molecule is COC(CNC(=O)NC1CCCC1)C(=O)O. The lowest BCUT2D eigenvalue weighted by atomic mass is 10.2. The summed E-state index contributed by atoms with van der Waals surface area (Å²) in [6, 6.07) is -0.0963. The van der Waals surface area contributed by atoms with E-state index in [9.17, 15) is 9.59 Å². The molecule has 1 aliphatic rings. The molecule has 0 heterocycles. The first-order valence-electron chi connectivity index (χ1n) is 5.43. The second-order valence-corrected chi connectivity index (χ2v) is 3.90. The summed E-state index contributed by atoms with van der Waals surface area (Å²) in [5.74, 6) is -1.08. The first kappa shape index (κ1) is 12.8. The monoisotopic (exact) mass is 230 g/mol. The van der Waals surface area contributed by atoms with Gasteiger partial charge in [0.2, 0.25) is 0 Å². The van der Waals surface area contributed by atoms with E-state index in [0.717, 1.165) is 25.7 Å². The predicted octanol–water partition coefficient (Wildman–Crippen LogP) is 0.328. The second kappa shape index (κ2) is 6.32. The van der Waals surface area contributed by atoms with Crippen LogP contribution in [0.25, 0.3) is 0 Å². The van der Waals surface area contributed by atoms with E-state index in [2.05, 4.69) is 10.6 Å². The molecule has 1 fully saturated rings. The molecule has 0 aliphatic heterocycles. The van der Waals surface area contributed by atoms with Crippen LogP contribution >= 0.6 is 0 Å². The number of methoxy groups -OCH3 is 1. The average Bonchev–Trinajstić information content (AvgIpc) is 2.70. The molecular weight excluding hydrogens is 212 g/mol. The van der Waals surface area contributed by atoms with E-state index in [1.807, 2.05) is 0 Å². The number of hydrogen-bond donors (Lipinski definition) is 3. The van der Waals surface area contributed by atoms with Crippen LogP contribution in [0.5, 0.6) is 0 Å². The number of urea groups is 1. The summed E-state index contributed by atoms with van der Waals surface area (Å²) in [7, 11) is 1.30. The number of ether oxygens (including phenoxy) is 1. The normalized spacial score (nSPS) is 18.1. The van der Waals surface area contributed by atoms with Crippen LogP contribution in [0.3, 0.4) is 0 Å². The van der Waals surface area contributed by atoms with E-state index in [1.165, 1.54) is 7.11 Å². The molecule has 0 aromatic carbocycles. The molecule has 1 saturated carbocycles. The number of aliphatic carboxylic acids is 1. The predicted molar refractivity (Wildman–Crippen MR) is 57.2 cm³/mol. The molecule has 0 spiro atoms. The van der Waals surface area contributed by atoms with E-state index in [1.54, 1.807) is 0 Å². The standard InChI is InChI=1S/C10H18N2O4/c1-16-8(9(13)14)6-11-10(15)12-7-4-2-3-5-7/h7-8H,2-6H2,1H3,(H,13,14)(H2,11,12,15). The van der Waals surface area contributed by atoms with Crippen LogP contribution in [-0.2, 0) is 9.53 Å². The quantitative estimate of drug-likeness (QED) is 0.635. The molecule has 92 valence electrons. The Labute approximate surface area is 94.3 Å². The molecule has 16 heavy (non-hydrogen) atoms. The number of carboxylic acids is 1. The molecule has 1 unspecified atom stereocenters. The van der Waals surface area contributed by atoms with Gasteiger partial charge in [0.15, 0.2) is 6.10 Å². The van der Waals surface area contributed by atoms with Crippen LogP contribution in [-0.4, -0.2) is 42.9 Å². The molecule has 2 amide bonds. The lowest BCUT2D eigenvalue weighted by Gasteiger charge is -2.15. The molecule has 0 bridgehead atoms. The van der Waals surface area contributed by atoms with Gasteiger partial charge in [-0.3, -0.25) is 0 Å². The van der Waals surface area contributed by atoms with Gasteiger partial charge in [0.05, 0.1) is 6.54 Å². The van der Waals surface area contributed by atoms with Gasteiger partial charge in [-0.2, -0.15) is 0 Å². The zero-order valence-electron chi connectivity index (χ0n) is 9.36. The number of rotatable bonds is 5. The van der Waals surface area contributed by atoms with E-state index in [-0.39, 0.29) is 18.6 Å². The fourth-order valence-corrected chi connectivity index (χ4v) is 1.76. The number of carbonyl (C=O) groups excluding carboxylic acids is 1. The van der Waals surface area contributed by atoms with Crippen molar-refractivity contribution in [3.63, 3.8) is 0 Å². The number of hydrogen-bond acceptors (Lipinski definition) is 3. The summed E-state index contributed by atoms with van der Waals surface area (Å²) >= 11 is 0. The molecular formula is C10H18N2O4. The highest BCUT2D eigenvalue weighted by atomic mass is 16.5. The van der Waals surface area contributed by atoms with Crippen LogP contribution in [0.4, 0.5) is 4.79 Å². The van der Waals surface area contributed by atoms with Gasteiger partial charge in [0.25, 0.3) is 0 Å². The van der Waals surface area contributed by atoms with Crippen LogP contribution in [0.1, 0.15) is 25.7 Å². The zero-order valence-corrected chi connectivity index (χ0v) is 9.36. The van der Waals surface area contributed by atoms with Crippen molar-refractivity contribution in [2.45, 2.75) is 37.8 Å². The highest BCUT2D eigenvalue weighted by molar-refractivity contribution is 5.77. The van der Waals surface area contributed by atoms with Crippen molar-refractivity contribution in [1.29, 1.82) is 0 Å². The van der Waals surface area contributed by atoms with Crippen molar-refractivity contribution < 1.29 is 19.4 Å². The molecule has 0 radical (unpaired) electrons. The van der Waals surface area contributed by atoms with Crippen molar-refractivity contribution in [3.05, 3.63) is 0 Å². The number of carboxylic acid groups (broad SMARTS) is 1. The topological polar surface area (TPSA) is 87.7 Å².